The molecule has 1 atom stereocenters. The van der Waals surface area contributed by atoms with Crippen molar-refractivity contribution in [3.05, 3.63) is 46.1 Å². The Morgan fingerprint density at radius 1 is 1.18 bits per heavy atom. The number of fused-ring (bicyclic) bond motifs is 2. The minimum absolute atomic E-state index is 0.210. The summed E-state index contributed by atoms with van der Waals surface area (Å²) in [4.78, 5) is 14.8. The number of nitrogens with zero attached hydrogens (tertiary/aromatic N) is 3. The van der Waals surface area contributed by atoms with Gasteiger partial charge in [-0.25, -0.2) is 9.97 Å². The Hall–Kier alpha value is -2.18. The molecule has 5 rings (SSSR count). The molecule has 3 aromatic rings. The van der Waals surface area contributed by atoms with E-state index in [0.717, 1.165) is 54.9 Å². The highest BCUT2D eigenvalue weighted by molar-refractivity contribution is 7.18. The van der Waals surface area contributed by atoms with Gasteiger partial charge in [0, 0.05) is 16.9 Å². The number of nitrogens with one attached hydrogen (secondary N) is 1. The number of aryl methyl sites for hydroxylation is 2. The van der Waals surface area contributed by atoms with Crippen LogP contribution in [0.15, 0.2) is 24.3 Å². The molecule has 0 saturated carbocycles. The Balaban J connectivity index is 1.54. The topological polar surface area (TPSA) is 50.3 Å². The van der Waals surface area contributed by atoms with Crippen LogP contribution < -0.4 is 10.1 Å². The molecule has 2 aromatic heterocycles. The second-order valence-electron chi connectivity index (χ2n) is 7.81. The summed E-state index contributed by atoms with van der Waals surface area (Å²) in [5.41, 5.74) is 2.50. The van der Waals surface area contributed by atoms with Crippen LogP contribution in [0.5, 0.6) is 5.75 Å². The van der Waals surface area contributed by atoms with Crippen LogP contribution in [0.25, 0.3) is 10.2 Å². The summed E-state index contributed by atoms with van der Waals surface area (Å²) in [5.74, 6) is 2.88. The molecule has 28 heavy (non-hydrogen) atoms. The number of para-hydroxylation sites is 1. The molecule has 0 radical (unpaired) electrons. The summed E-state index contributed by atoms with van der Waals surface area (Å²) in [5, 5.41) is 4.93. The van der Waals surface area contributed by atoms with Gasteiger partial charge in [0.1, 0.15) is 22.2 Å². The van der Waals surface area contributed by atoms with Gasteiger partial charge >= 0.3 is 0 Å². The van der Waals surface area contributed by atoms with Gasteiger partial charge in [-0.15, -0.1) is 11.3 Å². The normalized spacial score (nSPS) is 19.6. The van der Waals surface area contributed by atoms with E-state index in [4.69, 9.17) is 14.7 Å². The average Bonchev–Trinajstić information content (AvgIpc) is 3.30. The van der Waals surface area contributed by atoms with Crippen molar-refractivity contribution in [3.8, 4) is 5.75 Å². The monoisotopic (exact) mass is 394 g/mol. The summed E-state index contributed by atoms with van der Waals surface area (Å²) in [7, 11) is 0. The molecule has 1 aromatic carbocycles. The van der Waals surface area contributed by atoms with E-state index in [2.05, 4.69) is 42.3 Å². The van der Waals surface area contributed by atoms with Crippen molar-refractivity contribution in [2.24, 2.45) is 0 Å². The number of rotatable bonds is 4. The van der Waals surface area contributed by atoms with Crippen LogP contribution >= 0.6 is 11.3 Å². The fourth-order valence-electron chi connectivity index (χ4n) is 4.27. The highest BCUT2D eigenvalue weighted by Gasteiger charge is 2.24. The van der Waals surface area contributed by atoms with E-state index < -0.39 is 0 Å². The molecule has 1 N–H and O–H groups in total. The predicted octanol–water partition coefficient (Wildman–Crippen LogP) is 4.84. The number of benzene rings is 1. The molecule has 0 aliphatic carbocycles. The van der Waals surface area contributed by atoms with Gasteiger partial charge in [0.25, 0.3) is 0 Å². The first-order valence-corrected chi connectivity index (χ1v) is 11.0. The molecule has 146 valence electrons. The summed E-state index contributed by atoms with van der Waals surface area (Å²) in [6.07, 6.45) is 3.50. The van der Waals surface area contributed by atoms with Gasteiger partial charge in [-0.1, -0.05) is 18.2 Å². The van der Waals surface area contributed by atoms with Crippen LogP contribution in [0, 0.1) is 13.8 Å². The molecule has 2 aliphatic rings. The standard InChI is InChI=1S/C22H26N4OS/c1-14-15(2)28-22-20(14)21(24-19(25-22)13-26-10-5-6-11-26)23-17-9-12-27-18-8-4-3-7-16(17)18/h3-4,7-8,17H,5-6,9-13H2,1-2H3,(H,23,24,25)/t17-/m0/s1. The molecule has 0 amide bonds. The molecule has 1 fully saturated rings. The maximum absolute atomic E-state index is 5.84. The largest absolute Gasteiger partial charge is 0.493 e. The summed E-state index contributed by atoms with van der Waals surface area (Å²) < 4.78 is 5.84. The number of likely N-dealkylation sites (tertiary alicyclic amines) is 1. The lowest BCUT2D eigenvalue weighted by atomic mass is 10.0. The third kappa shape index (κ3) is 3.25. The van der Waals surface area contributed by atoms with Crippen LogP contribution in [-0.2, 0) is 6.54 Å². The Kier molecular flexibility index (Phi) is 4.69. The van der Waals surface area contributed by atoms with Crippen molar-refractivity contribution < 1.29 is 4.74 Å². The van der Waals surface area contributed by atoms with Gasteiger partial charge in [-0.3, -0.25) is 4.90 Å². The Labute approximate surface area is 169 Å². The van der Waals surface area contributed by atoms with Gasteiger partial charge in [-0.05, 0) is 51.4 Å². The fraction of sp³-hybridized carbons (Fsp3) is 0.455. The van der Waals surface area contributed by atoms with E-state index in [1.54, 1.807) is 11.3 Å². The summed E-state index contributed by atoms with van der Waals surface area (Å²) in [6, 6.07) is 8.53. The molecule has 5 nitrogen and oxygen atoms in total. The number of hydrogen-bond donors (Lipinski definition) is 1. The molecule has 0 bridgehead atoms. The molecule has 0 spiro atoms. The van der Waals surface area contributed by atoms with Crippen molar-refractivity contribution >= 4 is 27.4 Å². The second-order valence-corrected chi connectivity index (χ2v) is 9.01. The average molecular weight is 395 g/mol. The number of thiophene rings is 1. The number of hydrogen-bond acceptors (Lipinski definition) is 6. The highest BCUT2D eigenvalue weighted by atomic mass is 32.1. The van der Waals surface area contributed by atoms with Crippen LogP contribution in [0.1, 0.15) is 47.1 Å². The number of aromatic nitrogens is 2. The predicted molar refractivity (Wildman–Crippen MR) is 114 cm³/mol. The van der Waals surface area contributed by atoms with E-state index in [1.165, 1.54) is 34.2 Å². The van der Waals surface area contributed by atoms with E-state index in [-0.39, 0.29) is 6.04 Å². The van der Waals surface area contributed by atoms with Crippen LogP contribution in [0.2, 0.25) is 0 Å². The SMILES string of the molecule is Cc1sc2nc(CN3CCCC3)nc(N[C@H]3CCOc4ccccc43)c2c1C. The lowest BCUT2D eigenvalue weighted by Crippen LogP contribution is -2.23. The van der Waals surface area contributed by atoms with Gasteiger partial charge in [-0.2, -0.15) is 0 Å². The zero-order valence-corrected chi connectivity index (χ0v) is 17.3. The Morgan fingerprint density at radius 3 is 2.86 bits per heavy atom. The van der Waals surface area contributed by atoms with Crippen LogP contribution in [0.3, 0.4) is 0 Å². The summed E-state index contributed by atoms with van der Waals surface area (Å²) in [6.45, 7) is 8.23. The minimum Gasteiger partial charge on any atom is -0.493 e. The molecule has 0 unspecified atom stereocenters. The third-order valence-corrected chi connectivity index (χ3v) is 7.01. The van der Waals surface area contributed by atoms with Crippen molar-refractivity contribution in [3.63, 3.8) is 0 Å². The minimum atomic E-state index is 0.210. The Bertz CT molecular complexity index is 1010. The number of ether oxygens (including phenoxy) is 1. The van der Waals surface area contributed by atoms with Crippen molar-refractivity contribution in [2.45, 2.75) is 45.7 Å². The van der Waals surface area contributed by atoms with Gasteiger partial charge in [0.15, 0.2) is 0 Å². The van der Waals surface area contributed by atoms with Crippen molar-refractivity contribution in [2.75, 3.05) is 25.0 Å². The smallest absolute Gasteiger partial charge is 0.146 e. The first kappa shape index (κ1) is 17.9. The number of anilines is 1. The van der Waals surface area contributed by atoms with E-state index in [0.29, 0.717) is 0 Å². The summed E-state index contributed by atoms with van der Waals surface area (Å²) >= 11 is 1.78. The van der Waals surface area contributed by atoms with Gasteiger partial charge in [0.2, 0.25) is 0 Å². The first-order valence-electron chi connectivity index (χ1n) is 10.2. The molecule has 6 heteroatoms. The zero-order valence-electron chi connectivity index (χ0n) is 16.5. The highest BCUT2D eigenvalue weighted by Crippen LogP contribution is 2.38. The van der Waals surface area contributed by atoms with E-state index >= 15 is 0 Å². The van der Waals surface area contributed by atoms with Crippen LogP contribution in [-0.4, -0.2) is 34.6 Å². The maximum Gasteiger partial charge on any atom is 0.146 e. The van der Waals surface area contributed by atoms with E-state index in [1.807, 2.05) is 6.07 Å². The Morgan fingerprint density at radius 2 is 2.00 bits per heavy atom. The first-order chi connectivity index (χ1) is 13.7. The zero-order chi connectivity index (χ0) is 19.1. The van der Waals surface area contributed by atoms with Crippen molar-refractivity contribution in [1.82, 2.24) is 14.9 Å². The third-order valence-electron chi connectivity index (χ3n) is 5.91. The quantitative estimate of drug-likeness (QED) is 0.686. The van der Waals surface area contributed by atoms with E-state index in [9.17, 15) is 0 Å². The maximum atomic E-state index is 5.84. The lowest BCUT2D eigenvalue weighted by Gasteiger charge is -2.27. The second kappa shape index (κ2) is 7.33. The lowest BCUT2D eigenvalue weighted by molar-refractivity contribution is 0.274. The molecule has 2 aliphatic heterocycles. The molecule has 1 saturated heterocycles. The fourth-order valence-corrected chi connectivity index (χ4v) is 5.31. The van der Waals surface area contributed by atoms with Gasteiger partial charge in [0.05, 0.1) is 24.6 Å². The van der Waals surface area contributed by atoms with Crippen LogP contribution in [0.4, 0.5) is 5.82 Å². The molecular formula is C22H26N4OS. The van der Waals surface area contributed by atoms with Gasteiger partial charge < -0.3 is 10.1 Å². The molecular weight excluding hydrogens is 368 g/mol. The molecule has 4 heterocycles. The van der Waals surface area contributed by atoms with Crippen molar-refractivity contribution in [1.29, 1.82) is 0 Å².